The van der Waals surface area contributed by atoms with Crippen molar-refractivity contribution in [1.82, 2.24) is 0 Å². The molecule has 2 heteroatoms. The first-order chi connectivity index (χ1) is 16.8. The predicted molar refractivity (Wildman–Crippen MR) is 141 cm³/mol. The van der Waals surface area contributed by atoms with Crippen molar-refractivity contribution in [2.24, 2.45) is 0 Å². The van der Waals surface area contributed by atoms with Crippen LogP contribution < -0.4 is 0 Å². The van der Waals surface area contributed by atoms with E-state index in [-0.39, 0.29) is 0 Å². The molecule has 0 spiro atoms. The van der Waals surface area contributed by atoms with E-state index in [4.69, 9.17) is 8.83 Å². The second kappa shape index (κ2) is 6.49. The summed E-state index contributed by atoms with van der Waals surface area (Å²) in [5.41, 5.74) is 6.05. The van der Waals surface area contributed by atoms with Gasteiger partial charge in [0.15, 0.2) is 0 Å². The Morgan fingerprint density at radius 2 is 1.06 bits per heavy atom. The Morgan fingerprint density at radius 3 is 2.03 bits per heavy atom. The van der Waals surface area contributed by atoms with E-state index < -0.39 is 0 Å². The molecule has 2 aromatic heterocycles. The smallest absolute Gasteiger partial charge is 0.136 e. The number of rotatable bonds is 1. The maximum Gasteiger partial charge on any atom is 0.136 e. The van der Waals surface area contributed by atoms with Crippen molar-refractivity contribution in [2.75, 3.05) is 0 Å². The molecule has 0 atom stereocenters. The fourth-order valence-corrected chi connectivity index (χ4v) is 5.37. The third kappa shape index (κ3) is 2.45. The van der Waals surface area contributed by atoms with E-state index in [0.717, 1.165) is 38.5 Å². The SMILES string of the molecule is c1ccc2c(c1)ccc1oc3ccc(-c4ccc5cc6c(cc5c4)oc4ccccc46)cc3c12. The first kappa shape index (κ1) is 17.9. The Morgan fingerprint density at radius 1 is 0.353 bits per heavy atom. The van der Waals surface area contributed by atoms with Crippen LogP contribution in [-0.2, 0) is 0 Å². The largest absolute Gasteiger partial charge is 0.456 e. The zero-order chi connectivity index (χ0) is 22.2. The molecule has 34 heavy (non-hydrogen) atoms. The highest BCUT2D eigenvalue weighted by atomic mass is 16.3. The molecule has 0 N–H and O–H groups in total. The van der Waals surface area contributed by atoms with Gasteiger partial charge in [0.05, 0.1) is 0 Å². The molecule has 0 saturated carbocycles. The molecule has 0 fully saturated rings. The number of hydrogen-bond acceptors (Lipinski definition) is 2. The molecule has 158 valence electrons. The molecule has 0 aliphatic rings. The standard InChI is InChI=1S/C32H18O2/c1-2-6-24-19(5-1)11-14-30-32(24)27-17-21(12-13-29(27)33-30)20-9-10-22-16-26-25-7-3-4-8-28(25)34-31(26)18-23(22)15-20/h1-18H. The van der Waals surface area contributed by atoms with Crippen molar-refractivity contribution in [1.29, 1.82) is 0 Å². The van der Waals surface area contributed by atoms with Gasteiger partial charge in [-0.05, 0) is 75.1 Å². The highest BCUT2D eigenvalue weighted by molar-refractivity contribution is 6.19. The third-order valence-electron chi connectivity index (χ3n) is 7.03. The molecule has 6 aromatic carbocycles. The molecule has 0 saturated heterocycles. The molecule has 8 aromatic rings. The molecular weight excluding hydrogens is 416 g/mol. The van der Waals surface area contributed by atoms with Crippen LogP contribution in [0.3, 0.4) is 0 Å². The zero-order valence-electron chi connectivity index (χ0n) is 18.2. The van der Waals surface area contributed by atoms with Gasteiger partial charge in [0.25, 0.3) is 0 Å². The lowest BCUT2D eigenvalue weighted by atomic mass is 9.97. The Hall–Kier alpha value is -4.56. The topological polar surface area (TPSA) is 26.3 Å². The first-order valence-corrected chi connectivity index (χ1v) is 11.5. The molecule has 2 heterocycles. The molecule has 0 aliphatic heterocycles. The van der Waals surface area contributed by atoms with Gasteiger partial charge in [-0.25, -0.2) is 0 Å². The lowest BCUT2D eigenvalue weighted by Crippen LogP contribution is -1.80. The van der Waals surface area contributed by atoms with E-state index >= 15 is 0 Å². The van der Waals surface area contributed by atoms with Crippen LogP contribution >= 0.6 is 0 Å². The fourth-order valence-electron chi connectivity index (χ4n) is 5.37. The summed E-state index contributed by atoms with van der Waals surface area (Å²) in [7, 11) is 0. The van der Waals surface area contributed by atoms with Gasteiger partial charge < -0.3 is 8.83 Å². The van der Waals surface area contributed by atoms with E-state index in [1.54, 1.807) is 0 Å². The normalized spacial score (nSPS) is 12.1. The monoisotopic (exact) mass is 434 g/mol. The van der Waals surface area contributed by atoms with Crippen LogP contribution in [-0.4, -0.2) is 0 Å². The van der Waals surface area contributed by atoms with E-state index in [9.17, 15) is 0 Å². The summed E-state index contributed by atoms with van der Waals surface area (Å²) in [4.78, 5) is 0. The second-order valence-corrected chi connectivity index (χ2v) is 8.98. The number of furan rings is 2. The van der Waals surface area contributed by atoms with Crippen LogP contribution in [0.2, 0.25) is 0 Å². The average molecular weight is 434 g/mol. The van der Waals surface area contributed by atoms with Gasteiger partial charge in [-0.3, -0.25) is 0 Å². The summed E-state index contributed by atoms with van der Waals surface area (Å²) in [6.45, 7) is 0. The third-order valence-corrected chi connectivity index (χ3v) is 7.03. The van der Waals surface area contributed by atoms with Crippen molar-refractivity contribution in [3.8, 4) is 11.1 Å². The van der Waals surface area contributed by atoms with Gasteiger partial charge in [0.2, 0.25) is 0 Å². The summed E-state index contributed by atoms with van der Waals surface area (Å²) < 4.78 is 12.3. The predicted octanol–water partition coefficient (Wildman–Crippen LogP) is 9.46. The maximum absolute atomic E-state index is 6.19. The summed E-state index contributed by atoms with van der Waals surface area (Å²) in [5, 5.41) is 9.49. The van der Waals surface area contributed by atoms with Crippen molar-refractivity contribution in [3.05, 3.63) is 109 Å². The van der Waals surface area contributed by atoms with Gasteiger partial charge in [-0.1, -0.05) is 66.7 Å². The van der Waals surface area contributed by atoms with Crippen molar-refractivity contribution >= 4 is 65.4 Å². The minimum absolute atomic E-state index is 0.917. The molecule has 0 aliphatic carbocycles. The molecular formula is C32H18O2. The van der Waals surface area contributed by atoms with Crippen LogP contribution in [0.4, 0.5) is 0 Å². The highest BCUT2D eigenvalue weighted by Crippen LogP contribution is 2.38. The molecule has 2 nitrogen and oxygen atoms in total. The van der Waals surface area contributed by atoms with Crippen LogP contribution in [0.15, 0.2) is 118 Å². The maximum atomic E-state index is 6.19. The van der Waals surface area contributed by atoms with Gasteiger partial charge in [-0.2, -0.15) is 0 Å². The summed E-state index contributed by atoms with van der Waals surface area (Å²) >= 11 is 0. The lowest BCUT2D eigenvalue weighted by Gasteiger charge is -2.05. The number of fused-ring (bicyclic) bond motifs is 9. The van der Waals surface area contributed by atoms with Crippen LogP contribution in [0.5, 0.6) is 0 Å². The minimum atomic E-state index is 0.917. The Labute approximate surface area is 194 Å². The van der Waals surface area contributed by atoms with Crippen molar-refractivity contribution in [3.63, 3.8) is 0 Å². The van der Waals surface area contributed by atoms with Crippen molar-refractivity contribution in [2.45, 2.75) is 0 Å². The fraction of sp³-hybridized carbons (Fsp3) is 0. The Kier molecular flexibility index (Phi) is 3.42. The number of para-hydroxylation sites is 1. The number of hydrogen-bond donors (Lipinski definition) is 0. The Bertz CT molecular complexity index is 2070. The quantitative estimate of drug-likeness (QED) is 0.257. The summed E-state index contributed by atoms with van der Waals surface area (Å²) in [6.07, 6.45) is 0. The minimum Gasteiger partial charge on any atom is -0.456 e. The summed E-state index contributed by atoms with van der Waals surface area (Å²) in [6, 6.07) is 38.5. The van der Waals surface area contributed by atoms with Crippen molar-refractivity contribution < 1.29 is 8.83 Å². The highest BCUT2D eigenvalue weighted by Gasteiger charge is 2.13. The van der Waals surface area contributed by atoms with Gasteiger partial charge in [0.1, 0.15) is 22.3 Å². The van der Waals surface area contributed by atoms with Crippen LogP contribution in [0, 0.1) is 0 Å². The number of benzene rings is 6. The van der Waals surface area contributed by atoms with Gasteiger partial charge in [-0.15, -0.1) is 0 Å². The van der Waals surface area contributed by atoms with Crippen LogP contribution in [0.1, 0.15) is 0 Å². The average Bonchev–Trinajstić information content (AvgIpc) is 3.44. The second-order valence-electron chi connectivity index (χ2n) is 8.98. The molecule has 0 bridgehead atoms. The summed E-state index contributed by atoms with van der Waals surface area (Å²) in [5.74, 6) is 0. The van der Waals surface area contributed by atoms with Crippen LogP contribution in [0.25, 0.3) is 76.5 Å². The molecule has 0 radical (unpaired) electrons. The molecule has 0 unspecified atom stereocenters. The molecule has 0 amide bonds. The molecule has 8 rings (SSSR count). The lowest BCUT2D eigenvalue weighted by molar-refractivity contribution is 0.669. The van der Waals surface area contributed by atoms with Gasteiger partial charge >= 0.3 is 0 Å². The van der Waals surface area contributed by atoms with E-state index in [1.165, 1.54) is 38.1 Å². The first-order valence-electron chi connectivity index (χ1n) is 11.5. The van der Waals surface area contributed by atoms with E-state index in [2.05, 4.69) is 97.1 Å². The zero-order valence-corrected chi connectivity index (χ0v) is 18.2. The Balaban J connectivity index is 1.35. The van der Waals surface area contributed by atoms with Gasteiger partial charge in [0, 0.05) is 21.5 Å². The van der Waals surface area contributed by atoms with E-state index in [1.807, 2.05) is 12.1 Å². The van der Waals surface area contributed by atoms with E-state index in [0.29, 0.717) is 0 Å².